The van der Waals surface area contributed by atoms with Gasteiger partial charge in [-0.05, 0) is 109 Å². The van der Waals surface area contributed by atoms with E-state index in [1.54, 1.807) is 30.5 Å². The highest BCUT2D eigenvalue weighted by molar-refractivity contribution is 8.07. The number of H-pyrrole nitrogens is 1. The van der Waals surface area contributed by atoms with Crippen LogP contribution in [0, 0.1) is 114 Å². The number of amides is 2. The Morgan fingerprint density at radius 3 is 1.71 bits per heavy atom. The van der Waals surface area contributed by atoms with Crippen molar-refractivity contribution in [1.29, 1.82) is 0 Å². The van der Waals surface area contributed by atoms with Gasteiger partial charge in [0.25, 0.3) is 5.56 Å². The molecule has 0 spiro atoms. The van der Waals surface area contributed by atoms with Gasteiger partial charge in [-0.3, -0.25) is 38.6 Å². The number of imidazole rings is 1. The first-order valence-corrected chi connectivity index (χ1v) is 44.7. The Bertz CT molecular complexity index is 4530. The van der Waals surface area contributed by atoms with Gasteiger partial charge in [0, 0.05) is 92.1 Å². The third-order valence-corrected chi connectivity index (χ3v) is 22.1. The molecule has 7 atom stereocenters. The van der Waals surface area contributed by atoms with Crippen molar-refractivity contribution in [3.63, 3.8) is 0 Å². The Labute approximate surface area is 720 Å². The zero-order chi connectivity index (χ0) is 83.1. The molecular formula is C91H156N9O14PS. The normalized spacial score (nSPS) is 16.2. The van der Waals surface area contributed by atoms with E-state index in [9.17, 15) is 24.0 Å². The minimum Gasteiger partial charge on any atom is -0.490 e. The van der Waals surface area contributed by atoms with Crippen LogP contribution >= 0.6 is 6.72 Å². The molecule has 3 N–H and O–H groups in total. The third kappa shape index (κ3) is 37.7. The quantitative estimate of drug-likeness (QED) is 0.0122. The molecule has 3 aromatic heterocycles. The molecular weight excluding hydrogens is 1510 g/mol. The lowest BCUT2D eigenvalue weighted by atomic mass is 10.0. The fourth-order valence-corrected chi connectivity index (χ4v) is 15.3. The Morgan fingerprint density at radius 2 is 1.17 bits per heavy atom. The predicted octanol–water partition coefficient (Wildman–Crippen LogP) is 22.3. The van der Waals surface area contributed by atoms with Crippen molar-refractivity contribution in [3.8, 4) is 113 Å². The number of carbonyl (C=O) groups excluding carboxylic acids is 3. The zero-order valence-corrected chi connectivity index (χ0v) is 70.9. The molecule has 2 aliphatic rings. The van der Waals surface area contributed by atoms with E-state index in [-0.39, 0.29) is 118 Å². The molecule has 25 heteroatoms. The molecule has 0 bridgehead atoms. The number of esters is 1. The molecule has 23 nitrogen and oxygen atoms in total. The molecule has 2 fully saturated rings. The van der Waals surface area contributed by atoms with Crippen LogP contribution < -0.4 is 36.1 Å². The number of aromatic nitrogens is 6. The lowest BCUT2D eigenvalue weighted by Gasteiger charge is -2.28. The van der Waals surface area contributed by atoms with Crippen LogP contribution in [0.1, 0.15) is 323 Å². The minimum absolute atomic E-state index is 0. The maximum Gasteiger partial charge on any atom is 0.351 e. The second kappa shape index (κ2) is 57.7. The van der Waals surface area contributed by atoms with Crippen molar-refractivity contribution in [1.82, 2.24) is 29.1 Å². The van der Waals surface area contributed by atoms with E-state index in [1.165, 1.54) is 190 Å². The summed E-state index contributed by atoms with van der Waals surface area (Å²) in [6.07, 6.45) is 47.9. The summed E-state index contributed by atoms with van der Waals surface area (Å²) in [7, 11) is 0. The number of fused-ring (bicyclic) bond motifs is 1. The summed E-state index contributed by atoms with van der Waals surface area (Å²) in [5.74, 6) is 34.3. The number of unbranched alkanes of at least 4 members (excludes halogenated alkanes) is 30. The van der Waals surface area contributed by atoms with Crippen molar-refractivity contribution in [2.45, 2.75) is 316 Å². The molecule has 4 aromatic rings. The molecule has 0 radical (unpaired) electrons. The molecule has 2 saturated heterocycles. The lowest BCUT2D eigenvalue weighted by Crippen LogP contribution is -2.29. The average molecular weight is 1660 g/mol. The van der Waals surface area contributed by atoms with E-state index in [1.807, 2.05) is 13.8 Å². The molecule has 5 heterocycles. The monoisotopic (exact) mass is 1660 g/mol. The average Bonchev–Trinajstić information content (AvgIpc) is 1.61. The topological polar surface area (TPSA) is 261 Å². The van der Waals surface area contributed by atoms with Gasteiger partial charge in [-0.25, -0.2) is 16.4 Å². The van der Waals surface area contributed by atoms with Gasteiger partial charge >= 0.3 is 18.4 Å². The molecule has 2 aliphatic heterocycles. The SMILES string of the molecule is [C-]#[N+]CCOP(=S)(OCC1OC(n2ccc(NC(=O)CCC(=O)OCc3cc(OC#CC#CC#CC#CC#CC#CC#CC#C)c(OCCCCCCCCCCCCCCCCCC)c(OCCCCCCCCCCCCCCCCCC)c3)nc2=O)CC1C)OC1CC(n2cnc3c(=O)[nH]c(NC(=O)C(C)C)nc32)OC1CC.[HH].[HH].[HH].[HH].[HH].[HH].[HH].[HH].[HH].[HH].[HH].[HH].[HH].[HH].[HH].[HH].[HH].[HH]. The summed E-state index contributed by atoms with van der Waals surface area (Å²) in [4.78, 5) is 84.9. The summed E-state index contributed by atoms with van der Waals surface area (Å²) in [6, 6.07) is 4.93. The number of carbonyl (C=O) groups is 3. The molecule has 7 unspecified atom stereocenters. The molecule has 6 rings (SSSR count). The minimum atomic E-state index is -3.61. The lowest BCUT2D eigenvalue weighted by molar-refractivity contribution is -0.146. The number of rotatable bonds is 56. The van der Waals surface area contributed by atoms with Crippen LogP contribution in [0.3, 0.4) is 0 Å². The fourth-order valence-electron chi connectivity index (χ4n) is 13.2. The number of nitrogens with zero attached hydrogens (tertiary/aromatic N) is 6. The van der Waals surface area contributed by atoms with E-state index < -0.39 is 60.6 Å². The largest absolute Gasteiger partial charge is 0.490 e. The van der Waals surface area contributed by atoms with Crippen LogP contribution in [0.5, 0.6) is 17.2 Å². The van der Waals surface area contributed by atoms with Gasteiger partial charge in [-0.2, -0.15) is 9.97 Å². The number of nitrogens with one attached hydrogen (secondary N) is 3. The number of hydrogen-bond acceptors (Lipinski definition) is 18. The predicted molar refractivity (Wildman–Crippen MR) is 495 cm³/mol. The van der Waals surface area contributed by atoms with Crippen LogP contribution in [-0.4, -0.2) is 98.1 Å². The number of benzene rings is 1. The highest BCUT2D eigenvalue weighted by Gasteiger charge is 2.43. The van der Waals surface area contributed by atoms with Gasteiger partial charge in [0.1, 0.15) is 37.6 Å². The second-order valence-electron chi connectivity index (χ2n) is 29.5. The van der Waals surface area contributed by atoms with Crippen LogP contribution in [0.2, 0.25) is 0 Å². The van der Waals surface area contributed by atoms with Crippen LogP contribution in [0.4, 0.5) is 11.8 Å². The van der Waals surface area contributed by atoms with Crippen LogP contribution in [0.15, 0.2) is 40.3 Å². The van der Waals surface area contributed by atoms with Crippen molar-refractivity contribution < 1.29 is 82.1 Å². The number of hydrogen-bond donors (Lipinski definition) is 3. The number of terminal acetylenes is 1. The molecule has 0 saturated carbocycles. The summed E-state index contributed by atoms with van der Waals surface area (Å²) in [5, 5.41) is 5.26. The first kappa shape index (κ1) is 95.5. The van der Waals surface area contributed by atoms with Crippen LogP contribution in [-0.2, 0) is 60.6 Å². The van der Waals surface area contributed by atoms with Gasteiger partial charge in [0.15, 0.2) is 22.7 Å². The smallest absolute Gasteiger partial charge is 0.351 e. The second-order valence-corrected chi connectivity index (χ2v) is 32.5. The summed E-state index contributed by atoms with van der Waals surface area (Å²) in [6.45, 7) is 16.1. The Balaban J connectivity index is -0.000000739. The number of ether oxygens (including phenoxy) is 6. The highest BCUT2D eigenvalue weighted by Crippen LogP contribution is 2.55. The fraction of sp³-hybridized carbons (Fsp3) is 0.615. The number of anilines is 2. The molecule has 116 heavy (non-hydrogen) atoms. The van der Waals surface area contributed by atoms with Crippen molar-refractivity contribution in [2.75, 3.05) is 43.6 Å². The maximum atomic E-state index is 13.7. The molecule has 0 aliphatic carbocycles. The summed E-state index contributed by atoms with van der Waals surface area (Å²) >= 11 is 5.99. The molecule has 2 amide bonds. The Morgan fingerprint density at radius 1 is 0.655 bits per heavy atom. The van der Waals surface area contributed by atoms with Crippen molar-refractivity contribution in [3.05, 3.63) is 68.5 Å². The van der Waals surface area contributed by atoms with Gasteiger partial charge in [-0.1, -0.05) is 234 Å². The first-order valence-electron chi connectivity index (χ1n) is 42.2. The van der Waals surface area contributed by atoms with Crippen LogP contribution in [0.25, 0.3) is 16.0 Å². The zero-order valence-electron chi connectivity index (χ0n) is 69.2. The third-order valence-electron chi connectivity index (χ3n) is 19.7. The van der Waals surface area contributed by atoms with E-state index >= 15 is 0 Å². The van der Waals surface area contributed by atoms with E-state index in [0.29, 0.717) is 43.1 Å². The van der Waals surface area contributed by atoms with Gasteiger partial charge in [0.05, 0.1) is 50.9 Å². The molecule has 1 aromatic carbocycles. The summed E-state index contributed by atoms with van der Waals surface area (Å²) < 4.78 is 59.5. The Kier molecular flexibility index (Phi) is 47.5. The van der Waals surface area contributed by atoms with Crippen molar-refractivity contribution in [2.24, 2.45) is 11.8 Å². The van der Waals surface area contributed by atoms with Gasteiger partial charge in [-0.15, -0.1) is 6.42 Å². The van der Waals surface area contributed by atoms with Crippen molar-refractivity contribution >= 4 is 59.2 Å². The van der Waals surface area contributed by atoms with E-state index in [4.69, 9.17) is 66.8 Å². The Hall–Kier alpha value is -9.32. The summed E-state index contributed by atoms with van der Waals surface area (Å²) in [5.41, 5.74) is -0.468. The van der Waals surface area contributed by atoms with Gasteiger partial charge < -0.3 is 52.2 Å². The standard InChI is InChI=1S/C91H120N9O14PS.18H2/c1-9-13-16-19-22-25-28-31-34-36-39-42-45-48-51-54-62-107-78-67-74(66-77(106-61-53-50-47-44-41-38-33-30-27-24-21-18-15-11-3)86(78)108-63-55-52-49-46-43-40-37-35-32-29-26-23-20-17-14-10-2)69-109-84(102)57-56-81(101)94-80-58-60-99(91(105)95-80)82-65-73(7)79(113-82)70-111-115(116,110-64-59-92-8)114-76-68-83(112-75(76)12-4)100-71-93-85-87(100)96-90(98-89(85)104)97-88(103)72(5)6;;;;;;;;;;;;;;;;;;/h3,58,60,66-67,71-73,75-76,79,82-83H,9-10,12-14,16-17,19-20,22-23,25-26,28-29,31-32,34-37,39-40,42-43,45-46,48-49,51-52,54-57,59,62-65,68-70H2,1-2,4-7H3,(H,94,95,101,105)(H2,96,97,98,103,104);18*1H. The van der Waals surface area contributed by atoms with Gasteiger partial charge in [0.2, 0.25) is 30.1 Å². The highest BCUT2D eigenvalue weighted by atomic mass is 32.5. The van der Waals surface area contributed by atoms with E-state index in [2.05, 4.69) is 138 Å². The molecule has 660 valence electrons. The maximum absolute atomic E-state index is 13.7. The van der Waals surface area contributed by atoms with E-state index in [0.717, 1.165) is 38.5 Å². The first-order chi connectivity index (χ1) is 56.6. The number of aromatic amines is 1.